The van der Waals surface area contributed by atoms with Gasteiger partial charge < -0.3 is 4.84 Å². The summed E-state index contributed by atoms with van der Waals surface area (Å²) >= 11 is 0. The van der Waals surface area contributed by atoms with Gasteiger partial charge in [0.15, 0.2) is 9.84 Å². The van der Waals surface area contributed by atoms with E-state index in [1.165, 1.54) is 0 Å². The van der Waals surface area contributed by atoms with Crippen LogP contribution in [0.15, 0.2) is 0 Å². The van der Waals surface area contributed by atoms with Crippen molar-refractivity contribution in [1.29, 1.82) is 0 Å². The van der Waals surface area contributed by atoms with Crippen LogP contribution in [0.1, 0.15) is 20.8 Å². The molecule has 74 valence electrons. The molecule has 0 heterocycles. The van der Waals surface area contributed by atoms with Crippen molar-refractivity contribution in [2.24, 2.45) is 0 Å². The second kappa shape index (κ2) is 5.50. The van der Waals surface area contributed by atoms with Crippen LogP contribution in [0.5, 0.6) is 0 Å². The second-order valence-corrected chi connectivity index (χ2v) is 5.05. The molecule has 1 N–H and O–H groups in total. The summed E-state index contributed by atoms with van der Waals surface area (Å²) < 4.78 is 22.2. The zero-order valence-electron chi connectivity index (χ0n) is 7.83. The van der Waals surface area contributed by atoms with Gasteiger partial charge in [0.1, 0.15) is 0 Å². The average molecular weight is 195 g/mol. The first-order chi connectivity index (χ1) is 5.52. The summed E-state index contributed by atoms with van der Waals surface area (Å²) in [5.41, 5.74) is 2.64. The fourth-order valence-electron chi connectivity index (χ4n) is 0.758. The third-order valence-corrected chi connectivity index (χ3v) is 3.26. The van der Waals surface area contributed by atoms with Crippen molar-refractivity contribution in [3.05, 3.63) is 0 Å². The largest absolute Gasteiger partial charge is 0.302 e. The molecule has 1 unspecified atom stereocenters. The molecule has 0 aromatic rings. The van der Waals surface area contributed by atoms with E-state index >= 15 is 0 Å². The van der Waals surface area contributed by atoms with Crippen LogP contribution in [-0.2, 0) is 14.7 Å². The van der Waals surface area contributed by atoms with Crippen molar-refractivity contribution >= 4 is 9.84 Å². The smallest absolute Gasteiger partial charge is 0.151 e. The maximum Gasteiger partial charge on any atom is 0.151 e. The van der Waals surface area contributed by atoms with Gasteiger partial charge in [-0.05, 0) is 13.8 Å². The molecule has 0 amide bonds. The quantitative estimate of drug-likeness (QED) is 0.621. The minimum Gasteiger partial charge on any atom is -0.302 e. The Labute approximate surface area is 74.2 Å². The molecule has 0 aliphatic heterocycles. The lowest BCUT2D eigenvalue weighted by Gasteiger charge is -2.11. The van der Waals surface area contributed by atoms with Crippen LogP contribution in [0, 0.1) is 0 Å². The molecule has 0 saturated heterocycles. The summed E-state index contributed by atoms with van der Waals surface area (Å²) in [4.78, 5) is 4.87. The van der Waals surface area contributed by atoms with E-state index in [4.69, 9.17) is 4.84 Å². The predicted molar refractivity (Wildman–Crippen MR) is 48.6 cm³/mol. The summed E-state index contributed by atoms with van der Waals surface area (Å²) in [5.74, 6) is 0.314. The molecule has 0 radical (unpaired) electrons. The lowest BCUT2D eigenvalue weighted by Crippen LogP contribution is -2.33. The van der Waals surface area contributed by atoms with Crippen LogP contribution in [0.4, 0.5) is 0 Å². The average Bonchev–Trinajstić information content (AvgIpc) is 2.00. The summed E-state index contributed by atoms with van der Waals surface area (Å²) in [6.07, 6.45) is 0. The predicted octanol–water partition coefficient (Wildman–Crippen LogP) is 0.351. The maximum absolute atomic E-state index is 11.1. The Balaban J connectivity index is 3.76. The summed E-state index contributed by atoms with van der Waals surface area (Å²) in [6, 6.07) is -0.144. The molecule has 0 bridgehead atoms. The molecule has 4 nitrogen and oxygen atoms in total. The van der Waals surface area contributed by atoms with Gasteiger partial charge in [0.2, 0.25) is 0 Å². The normalized spacial score (nSPS) is 14.6. The molecular weight excluding hydrogens is 178 g/mol. The van der Waals surface area contributed by atoms with Gasteiger partial charge in [-0.15, -0.1) is 0 Å². The molecule has 12 heavy (non-hydrogen) atoms. The second-order valence-electron chi connectivity index (χ2n) is 2.65. The molecule has 0 spiro atoms. The van der Waals surface area contributed by atoms with Gasteiger partial charge in [-0.25, -0.2) is 8.42 Å². The first kappa shape index (κ1) is 11.9. The molecule has 0 aliphatic carbocycles. The highest BCUT2D eigenvalue weighted by molar-refractivity contribution is 7.91. The van der Waals surface area contributed by atoms with Gasteiger partial charge in [0.05, 0.1) is 12.4 Å². The highest BCUT2D eigenvalue weighted by Gasteiger charge is 2.12. The summed E-state index contributed by atoms with van der Waals surface area (Å²) in [7, 11) is -2.89. The van der Waals surface area contributed by atoms with Crippen molar-refractivity contribution < 1.29 is 13.3 Å². The molecule has 0 saturated carbocycles. The highest BCUT2D eigenvalue weighted by atomic mass is 32.2. The molecule has 0 aromatic heterocycles. The summed E-state index contributed by atoms with van der Waals surface area (Å²) in [6.45, 7) is 5.80. The van der Waals surface area contributed by atoms with Gasteiger partial charge in [0.25, 0.3) is 0 Å². The lowest BCUT2D eigenvalue weighted by atomic mass is 10.4. The minimum atomic E-state index is -2.89. The molecule has 0 fully saturated rings. The zero-order valence-corrected chi connectivity index (χ0v) is 8.65. The molecule has 0 rings (SSSR count). The SMILES string of the molecule is CCONC(C)CS(=O)(=O)CC. The Morgan fingerprint density at radius 1 is 1.42 bits per heavy atom. The monoisotopic (exact) mass is 195 g/mol. The Hall–Kier alpha value is -0.130. The molecule has 0 aliphatic rings. The first-order valence-corrected chi connectivity index (χ1v) is 5.91. The van der Waals surface area contributed by atoms with E-state index < -0.39 is 9.84 Å². The van der Waals surface area contributed by atoms with Gasteiger partial charge in [-0.3, -0.25) is 0 Å². The third kappa shape index (κ3) is 5.51. The van der Waals surface area contributed by atoms with E-state index in [1.807, 2.05) is 6.92 Å². The van der Waals surface area contributed by atoms with E-state index in [1.54, 1.807) is 13.8 Å². The number of nitrogens with one attached hydrogen (secondary N) is 1. The van der Waals surface area contributed by atoms with Crippen LogP contribution in [0.3, 0.4) is 0 Å². The van der Waals surface area contributed by atoms with E-state index in [2.05, 4.69) is 5.48 Å². The molecule has 1 atom stereocenters. The Morgan fingerprint density at radius 3 is 2.42 bits per heavy atom. The zero-order chi connectivity index (χ0) is 9.61. The van der Waals surface area contributed by atoms with E-state index in [9.17, 15) is 8.42 Å². The Kier molecular flexibility index (Phi) is 5.44. The number of sulfone groups is 1. The van der Waals surface area contributed by atoms with Crippen LogP contribution < -0.4 is 5.48 Å². The molecular formula is C7H17NO3S. The number of rotatable bonds is 6. The van der Waals surface area contributed by atoms with Crippen molar-refractivity contribution in [3.63, 3.8) is 0 Å². The van der Waals surface area contributed by atoms with E-state index in [0.29, 0.717) is 6.61 Å². The van der Waals surface area contributed by atoms with Crippen LogP contribution in [-0.4, -0.2) is 32.6 Å². The topological polar surface area (TPSA) is 55.4 Å². The maximum atomic E-state index is 11.1. The van der Waals surface area contributed by atoms with Crippen LogP contribution in [0.2, 0.25) is 0 Å². The van der Waals surface area contributed by atoms with Gasteiger partial charge in [0, 0.05) is 11.8 Å². The third-order valence-electron chi connectivity index (χ3n) is 1.37. The number of hydrogen-bond acceptors (Lipinski definition) is 4. The van der Waals surface area contributed by atoms with Crippen molar-refractivity contribution in [2.75, 3.05) is 18.1 Å². The Bertz CT molecular complexity index is 201. The van der Waals surface area contributed by atoms with Crippen LogP contribution >= 0.6 is 0 Å². The number of hydroxylamine groups is 1. The van der Waals surface area contributed by atoms with Crippen molar-refractivity contribution in [2.45, 2.75) is 26.8 Å². The van der Waals surface area contributed by atoms with Gasteiger partial charge in [-0.1, -0.05) is 6.92 Å². The van der Waals surface area contributed by atoms with E-state index in [0.717, 1.165) is 0 Å². The van der Waals surface area contributed by atoms with Crippen molar-refractivity contribution in [3.8, 4) is 0 Å². The van der Waals surface area contributed by atoms with Crippen molar-refractivity contribution in [1.82, 2.24) is 5.48 Å². The Morgan fingerprint density at radius 2 is 2.00 bits per heavy atom. The standard InChI is InChI=1S/C7H17NO3S/c1-4-11-8-7(3)6-12(9,10)5-2/h7-8H,4-6H2,1-3H3. The minimum absolute atomic E-state index is 0.128. The molecule has 0 aromatic carbocycles. The van der Waals surface area contributed by atoms with E-state index in [-0.39, 0.29) is 17.5 Å². The van der Waals surface area contributed by atoms with Crippen LogP contribution in [0.25, 0.3) is 0 Å². The fourth-order valence-corrected chi connectivity index (χ4v) is 1.82. The lowest BCUT2D eigenvalue weighted by molar-refractivity contribution is 0.0338. The molecule has 5 heteroatoms. The number of hydrogen-bond donors (Lipinski definition) is 1. The highest BCUT2D eigenvalue weighted by Crippen LogP contribution is 1.93. The van der Waals surface area contributed by atoms with Gasteiger partial charge in [-0.2, -0.15) is 5.48 Å². The van der Waals surface area contributed by atoms with Gasteiger partial charge >= 0.3 is 0 Å². The first-order valence-electron chi connectivity index (χ1n) is 4.09. The summed E-state index contributed by atoms with van der Waals surface area (Å²) in [5, 5.41) is 0. The fraction of sp³-hybridized carbons (Fsp3) is 1.00.